The van der Waals surface area contributed by atoms with Crippen LogP contribution in [-0.4, -0.2) is 71.6 Å². The van der Waals surface area contributed by atoms with Crippen molar-refractivity contribution in [3.8, 4) is 0 Å². The van der Waals surface area contributed by atoms with Crippen LogP contribution in [0.4, 0.5) is 0 Å². The second kappa shape index (κ2) is 10.9. The monoisotopic (exact) mass is 371 g/mol. The average molecular weight is 372 g/mol. The van der Waals surface area contributed by atoms with E-state index in [1.54, 1.807) is 0 Å². The third-order valence-corrected chi connectivity index (χ3v) is 6.00. The van der Waals surface area contributed by atoms with E-state index in [1.165, 1.54) is 38.5 Å². The molecule has 0 amide bonds. The smallest absolute Gasteiger partial charge is 0.0708 e. The van der Waals surface area contributed by atoms with Gasteiger partial charge < -0.3 is 29.4 Å². The van der Waals surface area contributed by atoms with Crippen molar-refractivity contribution in [3.05, 3.63) is 0 Å². The molecule has 4 aliphatic carbocycles. The summed E-state index contributed by atoms with van der Waals surface area (Å²) in [6.07, 6.45) is 8.25. The van der Waals surface area contributed by atoms with Gasteiger partial charge in [-0.3, -0.25) is 0 Å². The molecule has 26 heavy (non-hydrogen) atoms. The van der Waals surface area contributed by atoms with Crippen molar-refractivity contribution in [2.75, 3.05) is 66.0 Å². The molecule has 0 aliphatic heterocycles. The second-order valence-corrected chi connectivity index (χ2v) is 8.19. The van der Waals surface area contributed by atoms with Crippen LogP contribution < -0.4 is 5.73 Å². The predicted molar refractivity (Wildman–Crippen MR) is 99.2 cm³/mol. The Morgan fingerprint density at radius 3 is 1.38 bits per heavy atom. The molecule has 0 spiro atoms. The second-order valence-electron chi connectivity index (χ2n) is 8.19. The van der Waals surface area contributed by atoms with Gasteiger partial charge in [0.1, 0.15) is 0 Å². The molecule has 6 nitrogen and oxygen atoms in total. The van der Waals surface area contributed by atoms with Gasteiger partial charge in [0.2, 0.25) is 0 Å². The Kier molecular flexibility index (Phi) is 8.62. The standard InChI is InChI=1S/C20H37NO5/c21-1-2-22-3-4-23-5-6-24-7-8-25-9-10-26-20-14-17-11-18(15-20)13-19(12-17)16-20/h17-19H,1-16,21H2. The summed E-state index contributed by atoms with van der Waals surface area (Å²) in [6, 6.07) is 0. The zero-order chi connectivity index (χ0) is 18.1. The number of ether oxygens (including phenoxy) is 5. The molecule has 4 saturated carbocycles. The van der Waals surface area contributed by atoms with Crippen molar-refractivity contribution in [1.82, 2.24) is 0 Å². The van der Waals surface area contributed by atoms with E-state index in [9.17, 15) is 0 Å². The molecule has 0 unspecified atom stereocenters. The fourth-order valence-electron chi connectivity index (χ4n) is 5.37. The van der Waals surface area contributed by atoms with Crippen molar-refractivity contribution < 1.29 is 23.7 Å². The Morgan fingerprint density at radius 1 is 0.577 bits per heavy atom. The van der Waals surface area contributed by atoms with E-state index in [-0.39, 0.29) is 5.60 Å². The van der Waals surface area contributed by atoms with Crippen molar-refractivity contribution in [1.29, 1.82) is 0 Å². The minimum atomic E-state index is 0.194. The van der Waals surface area contributed by atoms with Gasteiger partial charge in [0.05, 0.1) is 65.1 Å². The first-order valence-electron chi connectivity index (χ1n) is 10.4. The molecule has 0 saturated heterocycles. The first kappa shape index (κ1) is 20.5. The van der Waals surface area contributed by atoms with Crippen LogP contribution in [0.15, 0.2) is 0 Å². The molecule has 4 fully saturated rings. The SMILES string of the molecule is NCCOCCOCCOCCOCCOC12CC3CC(CC(C3)C1)C2. The van der Waals surface area contributed by atoms with Crippen LogP contribution in [0.2, 0.25) is 0 Å². The van der Waals surface area contributed by atoms with E-state index in [0.717, 1.165) is 24.4 Å². The molecule has 0 aromatic carbocycles. The highest BCUT2D eigenvalue weighted by Gasteiger charge is 2.51. The Bertz CT molecular complexity index is 357. The topological polar surface area (TPSA) is 72.2 Å². The van der Waals surface area contributed by atoms with Gasteiger partial charge in [0.25, 0.3) is 0 Å². The lowest BCUT2D eigenvalue weighted by Crippen LogP contribution is -2.52. The van der Waals surface area contributed by atoms with Crippen molar-refractivity contribution in [3.63, 3.8) is 0 Å². The van der Waals surface area contributed by atoms with Gasteiger partial charge in [0, 0.05) is 6.54 Å². The maximum Gasteiger partial charge on any atom is 0.0708 e. The predicted octanol–water partition coefficient (Wildman–Crippen LogP) is 2.00. The van der Waals surface area contributed by atoms with E-state index >= 15 is 0 Å². The molecular weight excluding hydrogens is 334 g/mol. The van der Waals surface area contributed by atoms with Crippen molar-refractivity contribution >= 4 is 0 Å². The fourth-order valence-corrected chi connectivity index (χ4v) is 5.37. The first-order valence-corrected chi connectivity index (χ1v) is 10.4. The van der Waals surface area contributed by atoms with Crippen LogP contribution in [0, 0.1) is 17.8 Å². The Hall–Kier alpha value is -0.240. The van der Waals surface area contributed by atoms with Crippen molar-refractivity contribution in [2.45, 2.75) is 44.1 Å². The first-order chi connectivity index (χ1) is 12.8. The molecule has 0 radical (unpaired) electrons. The van der Waals surface area contributed by atoms with E-state index in [4.69, 9.17) is 29.4 Å². The highest BCUT2D eigenvalue weighted by Crippen LogP contribution is 2.57. The highest BCUT2D eigenvalue weighted by molar-refractivity contribution is 5.03. The van der Waals surface area contributed by atoms with Crippen LogP contribution in [0.25, 0.3) is 0 Å². The van der Waals surface area contributed by atoms with E-state index in [1.807, 2.05) is 0 Å². The summed E-state index contributed by atoms with van der Waals surface area (Å²) in [7, 11) is 0. The lowest BCUT2D eigenvalue weighted by molar-refractivity contribution is -0.169. The minimum Gasteiger partial charge on any atom is -0.378 e. The average Bonchev–Trinajstić information content (AvgIpc) is 2.61. The molecule has 4 rings (SSSR count). The van der Waals surface area contributed by atoms with Gasteiger partial charge in [-0.15, -0.1) is 0 Å². The molecule has 6 heteroatoms. The van der Waals surface area contributed by atoms with E-state index < -0.39 is 0 Å². The van der Waals surface area contributed by atoms with Crippen LogP contribution in [0.3, 0.4) is 0 Å². The van der Waals surface area contributed by atoms with Gasteiger partial charge in [-0.05, 0) is 56.3 Å². The maximum atomic E-state index is 6.34. The molecule has 0 aromatic heterocycles. The summed E-state index contributed by atoms with van der Waals surface area (Å²) >= 11 is 0. The molecule has 0 aromatic rings. The van der Waals surface area contributed by atoms with Crippen LogP contribution in [0.5, 0.6) is 0 Å². The van der Waals surface area contributed by atoms with Crippen LogP contribution in [0.1, 0.15) is 38.5 Å². The fraction of sp³-hybridized carbons (Fsp3) is 1.00. The molecule has 0 atom stereocenters. The summed E-state index contributed by atoms with van der Waals surface area (Å²) in [5, 5.41) is 0. The number of hydrogen-bond acceptors (Lipinski definition) is 6. The summed E-state index contributed by atoms with van der Waals surface area (Å²) < 4.78 is 28.1. The van der Waals surface area contributed by atoms with Crippen molar-refractivity contribution in [2.24, 2.45) is 23.5 Å². The Morgan fingerprint density at radius 2 is 0.962 bits per heavy atom. The third-order valence-electron chi connectivity index (χ3n) is 6.00. The Labute approximate surface area is 158 Å². The highest BCUT2D eigenvalue weighted by atomic mass is 16.6. The van der Waals surface area contributed by atoms with Gasteiger partial charge in [0.15, 0.2) is 0 Å². The molecule has 2 N–H and O–H groups in total. The quantitative estimate of drug-likeness (QED) is 0.444. The number of rotatable bonds is 15. The normalized spacial score (nSPS) is 32.4. The molecule has 0 heterocycles. The summed E-state index contributed by atoms with van der Waals surface area (Å²) in [4.78, 5) is 0. The molecule has 4 bridgehead atoms. The maximum absolute atomic E-state index is 6.34. The number of hydrogen-bond donors (Lipinski definition) is 1. The van der Waals surface area contributed by atoms with E-state index in [0.29, 0.717) is 59.4 Å². The number of nitrogens with two attached hydrogens (primary N) is 1. The molecule has 152 valence electrons. The largest absolute Gasteiger partial charge is 0.378 e. The Balaban J connectivity index is 1.11. The zero-order valence-corrected chi connectivity index (χ0v) is 16.2. The zero-order valence-electron chi connectivity index (χ0n) is 16.2. The third kappa shape index (κ3) is 6.43. The minimum absolute atomic E-state index is 0.194. The van der Waals surface area contributed by atoms with Gasteiger partial charge >= 0.3 is 0 Å². The molecule has 4 aliphatic rings. The van der Waals surface area contributed by atoms with Gasteiger partial charge in [-0.2, -0.15) is 0 Å². The van der Waals surface area contributed by atoms with E-state index in [2.05, 4.69) is 0 Å². The van der Waals surface area contributed by atoms with Gasteiger partial charge in [-0.1, -0.05) is 0 Å². The lowest BCUT2D eigenvalue weighted by Gasteiger charge is -2.56. The van der Waals surface area contributed by atoms with Crippen LogP contribution in [-0.2, 0) is 23.7 Å². The van der Waals surface area contributed by atoms with Crippen LogP contribution >= 0.6 is 0 Å². The lowest BCUT2D eigenvalue weighted by atomic mass is 9.54. The summed E-state index contributed by atoms with van der Waals surface area (Å²) in [6.45, 7) is 6.09. The summed E-state index contributed by atoms with van der Waals surface area (Å²) in [5.41, 5.74) is 5.52. The summed E-state index contributed by atoms with van der Waals surface area (Å²) in [5.74, 6) is 2.81. The van der Waals surface area contributed by atoms with Gasteiger partial charge in [-0.25, -0.2) is 0 Å². The molecular formula is C20H37NO5.